The third kappa shape index (κ3) is 4.41. The monoisotopic (exact) mass is 381 g/mol. The number of aliphatic hydroxyl groups excluding tert-OH is 1. The lowest BCUT2D eigenvalue weighted by molar-refractivity contribution is -0.138. The van der Waals surface area contributed by atoms with Crippen LogP contribution in [0.1, 0.15) is 12.5 Å². The zero-order valence-electron chi connectivity index (χ0n) is 15.0. The molecule has 3 rings (SSSR count). The van der Waals surface area contributed by atoms with Crippen LogP contribution in [0.4, 0.5) is 5.69 Å². The summed E-state index contributed by atoms with van der Waals surface area (Å²) < 4.78 is 10.2. The molecule has 0 unspecified atom stereocenters. The molecular formula is C21H19NO4S. The normalized spacial score (nSPS) is 16.8. The largest absolute Gasteiger partial charge is 0.506 e. The van der Waals surface area contributed by atoms with Gasteiger partial charge in [-0.2, -0.15) is 0 Å². The van der Waals surface area contributed by atoms with E-state index >= 15 is 0 Å². The minimum Gasteiger partial charge on any atom is -0.506 e. The summed E-state index contributed by atoms with van der Waals surface area (Å²) in [5.41, 5.74) is 1.65. The third-order valence-electron chi connectivity index (χ3n) is 3.77. The SMILES string of the molecule is CCOC(=O)C1=C(O)/C(=C\c2ccccc2)SC1=Nc1ccc(OC)cc1. The molecular weight excluding hydrogens is 362 g/mol. The highest BCUT2D eigenvalue weighted by atomic mass is 32.2. The van der Waals surface area contributed by atoms with E-state index in [4.69, 9.17) is 9.47 Å². The second-order valence-electron chi connectivity index (χ2n) is 5.58. The highest BCUT2D eigenvalue weighted by Gasteiger charge is 2.33. The van der Waals surface area contributed by atoms with Gasteiger partial charge in [-0.3, -0.25) is 0 Å². The van der Waals surface area contributed by atoms with Gasteiger partial charge in [0.15, 0.2) is 0 Å². The summed E-state index contributed by atoms with van der Waals surface area (Å²) in [6.45, 7) is 1.94. The van der Waals surface area contributed by atoms with Crippen molar-refractivity contribution in [3.63, 3.8) is 0 Å². The van der Waals surface area contributed by atoms with Crippen LogP contribution in [-0.2, 0) is 9.53 Å². The van der Waals surface area contributed by atoms with Crippen LogP contribution in [0, 0.1) is 0 Å². The van der Waals surface area contributed by atoms with Crippen LogP contribution in [0.15, 0.2) is 75.8 Å². The summed E-state index contributed by atoms with van der Waals surface area (Å²) in [5, 5.41) is 11.0. The average molecular weight is 381 g/mol. The number of nitrogens with zero attached hydrogens (tertiary/aromatic N) is 1. The summed E-state index contributed by atoms with van der Waals surface area (Å²) >= 11 is 1.24. The minimum absolute atomic E-state index is 0.0832. The van der Waals surface area contributed by atoms with E-state index in [1.807, 2.05) is 36.4 Å². The Balaban J connectivity index is 2.00. The lowest BCUT2D eigenvalue weighted by Crippen LogP contribution is -2.12. The average Bonchev–Trinajstić information content (AvgIpc) is 2.98. The number of aliphatic imine (C=N–C) groups is 1. The molecule has 0 bridgehead atoms. The van der Waals surface area contributed by atoms with Gasteiger partial charge in [-0.15, -0.1) is 0 Å². The summed E-state index contributed by atoms with van der Waals surface area (Å²) in [4.78, 5) is 17.5. The van der Waals surface area contributed by atoms with Crippen LogP contribution in [0.2, 0.25) is 0 Å². The quantitative estimate of drug-likeness (QED) is 0.747. The van der Waals surface area contributed by atoms with Gasteiger partial charge in [0, 0.05) is 0 Å². The van der Waals surface area contributed by atoms with Crippen LogP contribution in [-0.4, -0.2) is 29.8 Å². The van der Waals surface area contributed by atoms with E-state index in [9.17, 15) is 9.90 Å². The number of carbonyl (C=O) groups is 1. The van der Waals surface area contributed by atoms with Gasteiger partial charge in [-0.1, -0.05) is 42.1 Å². The Kier molecular flexibility index (Phi) is 5.98. The molecule has 5 nitrogen and oxygen atoms in total. The lowest BCUT2D eigenvalue weighted by atomic mass is 10.1. The van der Waals surface area contributed by atoms with Gasteiger partial charge in [0.2, 0.25) is 0 Å². The number of rotatable bonds is 5. The van der Waals surface area contributed by atoms with Gasteiger partial charge in [0.1, 0.15) is 22.1 Å². The Morgan fingerprint density at radius 2 is 1.85 bits per heavy atom. The second-order valence-corrected chi connectivity index (χ2v) is 6.61. The molecule has 138 valence electrons. The maximum atomic E-state index is 12.4. The molecule has 0 amide bonds. The number of hydrogen-bond acceptors (Lipinski definition) is 6. The zero-order valence-corrected chi connectivity index (χ0v) is 15.8. The Morgan fingerprint density at radius 1 is 1.15 bits per heavy atom. The summed E-state index contributed by atoms with van der Waals surface area (Å²) in [5.74, 6) is 0.00693. The van der Waals surface area contributed by atoms with Crippen LogP contribution < -0.4 is 4.74 Å². The highest BCUT2D eigenvalue weighted by Crippen LogP contribution is 2.40. The Morgan fingerprint density at radius 3 is 2.48 bits per heavy atom. The molecule has 0 radical (unpaired) electrons. The maximum Gasteiger partial charge on any atom is 0.344 e. The number of carbonyl (C=O) groups excluding carboxylic acids is 1. The van der Waals surface area contributed by atoms with Crippen molar-refractivity contribution in [1.29, 1.82) is 0 Å². The predicted molar refractivity (Wildman–Crippen MR) is 108 cm³/mol. The summed E-state index contributed by atoms with van der Waals surface area (Å²) in [7, 11) is 1.59. The van der Waals surface area contributed by atoms with Crippen LogP contribution in [0.3, 0.4) is 0 Å². The molecule has 2 aromatic carbocycles. The predicted octanol–water partition coefficient (Wildman–Crippen LogP) is 4.89. The first kappa shape index (κ1) is 18.8. The van der Waals surface area contributed by atoms with Crippen molar-refractivity contribution in [2.24, 2.45) is 4.99 Å². The first-order chi connectivity index (χ1) is 13.1. The van der Waals surface area contributed by atoms with Gasteiger partial charge >= 0.3 is 5.97 Å². The molecule has 1 N–H and O–H groups in total. The standard InChI is InChI=1S/C21H19NO4S/c1-3-26-21(24)18-19(23)17(13-14-7-5-4-6-8-14)27-20(18)22-15-9-11-16(25-2)12-10-15/h4-13,23H,3H2,1-2H3/b17-13+,22-20?. The highest BCUT2D eigenvalue weighted by molar-refractivity contribution is 8.18. The van der Waals surface area contributed by atoms with E-state index in [2.05, 4.69) is 4.99 Å². The van der Waals surface area contributed by atoms with E-state index < -0.39 is 5.97 Å². The zero-order chi connectivity index (χ0) is 19.2. The van der Waals surface area contributed by atoms with E-state index in [1.54, 1.807) is 38.3 Å². The topological polar surface area (TPSA) is 68.1 Å². The number of thioether (sulfide) groups is 1. The molecule has 1 aliphatic heterocycles. The molecule has 0 saturated heterocycles. The van der Waals surface area contributed by atoms with Gasteiger partial charge < -0.3 is 14.6 Å². The summed E-state index contributed by atoms with van der Waals surface area (Å²) in [6.07, 6.45) is 1.82. The molecule has 0 atom stereocenters. The molecule has 2 aromatic rings. The fraction of sp³-hybridized carbons (Fsp3) is 0.143. The van der Waals surface area contributed by atoms with Crippen LogP contribution in [0.5, 0.6) is 5.75 Å². The molecule has 6 heteroatoms. The molecule has 27 heavy (non-hydrogen) atoms. The molecule has 0 fully saturated rings. The van der Waals surface area contributed by atoms with Crippen molar-refractivity contribution in [3.8, 4) is 5.75 Å². The number of benzene rings is 2. The van der Waals surface area contributed by atoms with E-state index in [0.29, 0.717) is 21.4 Å². The van der Waals surface area contributed by atoms with Crippen LogP contribution in [0.25, 0.3) is 6.08 Å². The smallest absolute Gasteiger partial charge is 0.344 e. The first-order valence-corrected chi connectivity index (χ1v) is 9.22. The number of ether oxygens (including phenoxy) is 2. The van der Waals surface area contributed by atoms with Gasteiger partial charge in [0.25, 0.3) is 0 Å². The summed E-state index contributed by atoms with van der Waals surface area (Å²) in [6, 6.07) is 16.7. The molecule has 0 aromatic heterocycles. The number of esters is 1. The van der Waals surface area contributed by atoms with Crippen molar-refractivity contribution in [1.82, 2.24) is 0 Å². The molecule has 0 saturated carbocycles. The van der Waals surface area contributed by atoms with Crippen LogP contribution >= 0.6 is 11.8 Å². The van der Waals surface area contributed by atoms with Crippen molar-refractivity contribution in [2.45, 2.75) is 6.92 Å². The fourth-order valence-corrected chi connectivity index (χ4v) is 3.50. The van der Waals surface area contributed by atoms with E-state index in [0.717, 1.165) is 5.56 Å². The van der Waals surface area contributed by atoms with E-state index in [1.165, 1.54) is 11.8 Å². The minimum atomic E-state index is -0.591. The third-order valence-corrected chi connectivity index (χ3v) is 4.79. The second kappa shape index (κ2) is 8.60. The maximum absolute atomic E-state index is 12.4. The Labute approximate surface area is 162 Å². The first-order valence-electron chi connectivity index (χ1n) is 8.40. The fourth-order valence-electron chi connectivity index (χ4n) is 2.47. The van der Waals surface area contributed by atoms with Gasteiger partial charge in [0.05, 0.1) is 24.3 Å². The molecule has 1 heterocycles. The van der Waals surface area contributed by atoms with Gasteiger partial charge in [-0.05, 0) is 42.8 Å². The number of aliphatic hydroxyl groups is 1. The van der Waals surface area contributed by atoms with Crippen molar-refractivity contribution in [2.75, 3.05) is 13.7 Å². The lowest BCUT2D eigenvalue weighted by Gasteiger charge is -2.04. The van der Waals surface area contributed by atoms with Crippen molar-refractivity contribution in [3.05, 3.63) is 76.4 Å². The molecule has 0 aliphatic carbocycles. The van der Waals surface area contributed by atoms with Crippen molar-refractivity contribution >= 4 is 34.5 Å². The van der Waals surface area contributed by atoms with E-state index in [-0.39, 0.29) is 17.9 Å². The van der Waals surface area contributed by atoms with Gasteiger partial charge in [-0.25, -0.2) is 9.79 Å². The number of methoxy groups -OCH3 is 1. The van der Waals surface area contributed by atoms with Crippen molar-refractivity contribution < 1.29 is 19.4 Å². The molecule has 0 spiro atoms. The molecule has 1 aliphatic rings. The Hall–Kier alpha value is -2.99. The number of hydrogen-bond donors (Lipinski definition) is 1. The Bertz CT molecular complexity index is 915.